The number of sulfone groups is 1. The molecule has 2 fully saturated rings. The number of nitriles is 1. The van der Waals surface area contributed by atoms with E-state index in [0.717, 1.165) is 18.5 Å². The van der Waals surface area contributed by atoms with Gasteiger partial charge in [0.25, 0.3) is 5.91 Å². The molecule has 2 aliphatic rings. The number of carbonyl (C=O) groups is 1. The maximum Gasteiger partial charge on any atom is 0.262 e. The molecule has 3 aromatic rings. The SMILES string of the molecule is CC1CCN(S(=O)(=O)c2cccc(-c3nn(-c4ccccc4)cc3/C=C(/C#N)C(=O)NC3CCS(=O)(=O)C3)c2)CC1. The summed E-state index contributed by atoms with van der Waals surface area (Å²) in [6, 6.07) is 17.1. The van der Waals surface area contributed by atoms with Crippen LogP contribution in [0.25, 0.3) is 23.0 Å². The normalized spacial score (nSPS) is 20.0. The molecule has 0 radical (unpaired) electrons. The number of hydrogen-bond donors (Lipinski definition) is 1. The Morgan fingerprint density at radius 2 is 1.83 bits per heavy atom. The Bertz CT molecular complexity index is 1730. The van der Waals surface area contributed by atoms with Crippen molar-refractivity contribution in [2.45, 2.75) is 37.1 Å². The zero-order valence-corrected chi connectivity index (χ0v) is 24.2. The van der Waals surface area contributed by atoms with E-state index in [9.17, 15) is 26.9 Å². The molecule has 0 aliphatic carbocycles. The number of aromatic nitrogens is 2. The molecular weight excluding hydrogens is 562 g/mol. The molecule has 5 rings (SSSR count). The van der Waals surface area contributed by atoms with Gasteiger partial charge in [0.1, 0.15) is 17.3 Å². The largest absolute Gasteiger partial charge is 0.348 e. The molecule has 1 atom stereocenters. The van der Waals surface area contributed by atoms with Crippen molar-refractivity contribution in [3.8, 4) is 23.0 Å². The van der Waals surface area contributed by atoms with E-state index in [-0.39, 0.29) is 22.0 Å². The first kappa shape index (κ1) is 28.7. The third kappa shape index (κ3) is 6.43. The van der Waals surface area contributed by atoms with Gasteiger partial charge in [-0.05, 0) is 55.5 Å². The van der Waals surface area contributed by atoms with E-state index in [1.807, 2.05) is 36.4 Å². The van der Waals surface area contributed by atoms with E-state index in [1.165, 1.54) is 10.4 Å². The highest BCUT2D eigenvalue weighted by Gasteiger charge is 2.30. The first-order valence-corrected chi connectivity index (χ1v) is 16.7. The van der Waals surface area contributed by atoms with Gasteiger partial charge in [-0.3, -0.25) is 4.79 Å². The second kappa shape index (κ2) is 11.6. The van der Waals surface area contributed by atoms with Crippen LogP contribution in [0, 0.1) is 17.2 Å². The van der Waals surface area contributed by atoms with E-state index in [1.54, 1.807) is 35.1 Å². The molecular formula is C29H31N5O5S2. The number of nitrogens with one attached hydrogen (secondary N) is 1. The predicted octanol–water partition coefficient (Wildman–Crippen LogP) is 3.17. The highest BCUT2D eigenvalue weighted by atomic mass is 32.2. The number of piperidine rings is 1. The third-order valence-electron chi connectivity index (χ3n) is 7.48. The fourth-order valence-electron chi connectivity index (χ4n) is 5.08. The minimum atomic E-state index is -3.72. The van der Waals surface area contributed by atoms with Crippen molar-refractivity contribution < 1.29 is 21.6 Å². The molecule has 1 aromatic heterocycles. The van der Waals surface area contributed by atoms with Gasteiger partial charge in [0.2, 0.25) is 10.0 Å². The van der Waals surface area contributed by atoms with Gasteiger partial charge in [-0.2, -0.15) is 14.7 Å². The van der Waals surface area contributed by atoms with Gasteiger partial charge in [-0.1, -0.05) is 37.3 Å². The smallest absolute Gasteiger partial charge is 0.262 e. The van der Waals surface area contributed by atoms with Crippen LogP contribution in [0.5, 0.6) is 0 Å². The minimum Gasteiger partial charge on any atom is -0.348 e. The second-order valence-electron chi connectivity index (χ2n) is 10.6. The Morgan fingerprint density at radius 1 is 1.10 bits per heavy atom. The first-order valence-electron chi connectivity index (χ1n) is 13.4. The molecule has 1 amide bonds. The lowest BCUT2D eigenvalue weighted by Gasteiger charge is -2.29. The summed E-state index contributed by atoms with van der Waals surface area (Å²) in [6.45, 7) is 3.05. The number of hydrogen-bond acceptors (Lipinski definition) is 7. The zero-order chi connectivity index (χ0) is 29.2. The minimum absolute atomic E-state index is 0.00670. The van der Waals surface area contributed by atoms with Crippen molar-refractivity contribution in [1.29, 1.82) is 5.26 Å². The lowest BCUT2D eigenvalue weighted by Crippen LogP contribution is -2.37. The van der Waals surface area contributed by atoms with Gasteiger partial charge in [0.15, 0.2) is 9.84 Å². The molecule has 10 nitrogen and oxygen atoms in total. The summed E-state index contributed by atoms with van der Waals surface area (Å²) in [4.78, 5) is 13.1. The van der Waals surface area contributed by atoms with Gasteiger partial charge in [0.05, 0.1) is 22.1 Å². The maximum absolute atomic E-state index is 13.5. The number of carbonyl (C=O) groups excluding carboxylic acids is 1. The molecule has 1 N–H and O–H groups in total. The lowest BCUT2D eigenvalue weighted by molar-refractivity contribution is -0.117. The van der Waals surface area contributed by atoms with Crippen LogP contribution >= 0.6 is 0 Å². The summed E-state index contributed by atoms with van der Waals surface area (Å²) in [5.74, 6) is -0.364. The topological polar surface area (TPSA) is 142 Å². The predicted molar refractivity (Wildman–Crippen MR) is 155 cm³/mol. The molecule has 2 aromatic carbocycles. The van der Waals surface area contributed by atoms with Gasteiger partial charge in [-0.15, -0.1) is 0 Å². The molecule has 3 heterocycles. The number of rotatable bonds is 7. The molecule has 0 spiro atoms. The van der Waals surface area contributed by atoms with Crippen molar-refractivity contribution in [1.82, 2.24) is 19.4 Å². The monoisotopic (exact) mass is 593 g/mol. The van der Waals surface area contributed by atoms with Crippen LogP contribution in [0.4, 0.5) is 0 Å². The van der Waals surface area contributed by atoms with Crippen molar-refractivity contribution in [3.05, 3.63) is 71.9 Å². The fourth-order valence-corrected chi connectivity index (χ4v) is 8.27. The Kier molecular flexibility index (Phi) is 8.13. The van der Waals surface area contributed by atoms with E-state index >= 15 is 0 Å². The molecule has 1 unspecified atom stereocenters. The Hall–Kier alpha value is -3.79. The average molecular weight is 594 g/mol. The van der Waals surface area contributed by atoms with Crippen molar-refractivity contribution in [2.75, 3.05) is 24.6 Å². The van der Waals surface area contributed by atoms with Crippen LogP contribution in [0.1, 0.15) is 31.7 Å². The molecule has 41 heavy (non-hydrogen) atoms. The summed E-state index contributed by atoms with van der Waals surface area (Å²) >= 11 is 0. The van der Waals surface area contributed by atoms with Gasteiger partial charge < -0.3 is 5.32 Å². The lowest BCUT2D eigenvalue weighted by atomic mass is 10.0. The average Bonchev–Trinajstić information content (AvgIpc) is 3.54. The second-order valence-corrected chi connectivity index (χ2v) is 14.7. The van der Waals surface area contributed by atoms with Crippen molar-refractivity contribution >= 4 is 31.8 Å². The quantitative estimate of drug-likeness (QED) is 0.328. The van der Waals surface area contributed by atoms with E-state index in [2.05, 4.69) is 12.2 Å². The summed E-state index contributed by atoms with van der Waals surface area (Å²) < 4.78 is 53.7. The van der Waals surface area contributed by atoms with Crippen LogP contribution in [0.15, 0.2) is 71.3 Å². The van der Waals surface area contributed by atoms with Crippen LogP contribution in [-0.4, -0.2) is 67.5 Å². The maximum atomic E-state index is 13.5. The summed E-state index contributed by atoms with van der Waals surface area (Å²) in [7, 11) is -6.93. The van der Waals surface area contributed by atoms with Crippen LogP contribution in [0.2, 0.25) is 0 Å². The van der Waals surface area contributed by atoms with Crippen LogP contribution in [0.3, 0.4) is 0 Å². The molecule has 12 heteroatoms. The Balaban J connectivity index is 1.52. The Labute approximate surface area is 240 Å². The molecule has 2 aliphatic heterocycles. The number of para-hydroxylation sites is 1. The van der Waals surface area contributed by atoms with Crippen molar-refractivity contribution in [3.63, 3.8) is 0 Å². The molecule has 0 saturated carbocycles. The zero-order valence-electron chi connectivity index (χ0n) is 22.6. The summed E-state index contributed by atoms with van der Waals surface area (Å²) in [6.07, 6.45) is 4.97. The molecule has 214 valence electrons. The number of amides is 1. The summed E-state index contributed by atoms with van der Waals surface area (Å²) in [5, 5.41) is 17.2. The van der Waals surface area contributed by atoms with Gasteiger partial charge in [0, 0.05) is 36.5 Å². The van der Waals surface area contributed by atoms with Gasteiger partial charge in [-0.25, -0.2) is 21.5 Å². The standard InChI is InChI=1S/C29H31N5O5S2/c1-21-10-13-33(14-11-21)41(38,39)27-9-5-6-22(17-27)28-24(19-34(32-28)26-7-3-2-4-8-26)16-23(18-30)29(35)31-25-12-15-40(36,37)20-25/h2-9,16-17,19,21,25H,10-15,20H2,1H3,(H,31,35)/b23-16-. The molecule has 2 saturated heterocycles. The van der Waals surface area contributed by atoms with Gasteiger partial charge >= 0.3 is 0 Å². The third-order valence-corrected chi connectivity index (χ3v) is 11.1. The summed E-state index contributed by atoms with van der Waals surface area (Å²) in [5.41, 5.74) is 1.85. The van der Waals surface area contributed by atoms with Crippen LogP contribution < -0.4 is 5.32 Å². The number of benzene rings is 2. The van der Waals surface area contributed by atoms with E-state index in [0.29, 0.717) is 42.2 Å². The highest BCUT2D eigenvalue weighted by molar-refractivity contribution is 7.91. The van der Waals surface area contributed by atoms with Crippen LogP contribution in [-0.2, 0) is 24.7 Å². The van der Waals surface area contributed by atoms with Crippen molar-refractivity contribution in [2.24, 2.45) is 5.92 Å². The van der Waals surface area contributed by atoms with E-state index < -0.39 is 31.8 Å². The fraction of sp³-hybridized carbons (Fsp3) is 0.345. The molecule has 0 bridgehead atoms. The number of nitrogens with zero attached hydrogens (tertiary/aromatic N) is 4. The number of sulfonamides is 1. The highest BCUT2D eigenvalue weighted by Crippen LogP contribution is 2.30. The van der Waals surface area contributed by atoms with E-state index in [4.69, 9.17) is 5.10 Å². The first-order chi connectivity index (χ1) is 19.6. The Morgan fingerprint density at radius 3 is 2.49 bits per heavy atom.